The van der Waals surface area contributed by atoms with E-state index in [4.69, 9.17) is 10.5 Å². The second-order valence-corrected chi connectivity index (χ2v) is 5.77. The van der Waals surface area contributed by atoms with Gasteiger partial charge in [-0.15, -0.1) is 22.7 Å². The summed E-state index contributed by atoms with van der Waals surface area (Å²) in [5, 5.41) is 2.07. The molecule has 18 heavy (non-hydrogen) atoms. The molecule has 0 bridgehead atoms. The molecular weight excluding hydrogens is 264 g/mol. The van der Waals surface area contributed by atoms with E-state index in [2.05, 4.69) is 22.5 Å². The lowest BCUT2D eigenvalue weighted by atomic mass is 10.2. The highest BCUT2D eigenvalue weighted by Gasteiger charge is 2.07. The second kappa shape index (κ2) is 4.96. The van der Waals surface area contributed by atoms with Crippen LogP contribution in [-0.4, -0.2) is 11.6 Å². The summed E-state index contributed by atoms with van der Waals surface area (Å²) >= 11 is 3.33. The topological polar surface area (TPSA) is 48.1 Å². The predicted octanol–water partition coefficient (Wildman–Crippen LogP) is 3.56. The Morgan fingerprint density at radius 3 is 3.00 bits per heavy atom. The number of nitrogen functional groups attached to an aromatic ring is 1. The van der Waals surface area contributed by atoms with Crippen molar-refractivity contribution >= 4 is 38.6 Å². The van der Waals surface area contributed by atoms with Crippen LogP contribution in [0, 0.1) is 0 Å². The molecule has 0 spiro atoms. The van der Waals surface area contributed by atoms with E-state index >= 15 is 0 Å². The van der Waals surface area contributed by atoms with Crippen molar-refractivity contribution in [1.29, 1.82) is 0 Å². The molecule has 3 aromatic rings. The van der Waals surface area contributed by atoms with Crippen molar-refractivity contribution in [1.82, 2.24) is 4.98 Å². The van der Waals surface area contributed by atoms with E-state index in [9.17, 15) is 0 Å². The Balaban J connectivity index is 1.72. The number of anilines is 1. The molecule has 3 nitrogen and oxygen atoms in total. The minimum absolute atomic E-state index is 0.639. The molecule has 0 amide bonds. The first-order valence-corrected chi connectivity index (χ1v) is 7.37. The van der Waals surface area contributed by atoms with Crippen LogP contribution < -0.4 is 10.5 Å². The van der Waals surface area contributed by atoms with Crippen LogP contribution in [0.3, 0.4) is 0 Å². The molecule has 2 aromatic heterocycles. The quantitative estimate of drug-likeness (QED) is 0.741. The number of aromatic nitrogens is 1. The van der Waals surface area contributed by atoms with Gasteiger partial charge in [0.05, 0.1) is 16.8 Å². The average molecular weight is 276 g/mol. The monoisotopic (exact) mass is 276 g/mol. The van der Waals surface area contributed by atoms with Crippen LogP contribution in [-0.2, 0) is 6.42 Å². The van der Waals surface area contributed by atoms with Crippen molar-refractivity contribution in [3.63, 3.8) is 0 Å². The van der Waals surface area contributed by atoms with E-state index in [1.54, 1.807) is 28.2 Å². The second-order valence-electron chi connectivity index (χ2n) is 3.85. The van der Waals surface area contributed by atoms with E-state index in [-0.39, 0.29) is 0 Å². The van der Waals surface area contributed by atoms with E-state index in [0.29, 0.717) is 12.3 Å². The highest BCUT2D eigenvalue weighted by Crippen LogP contribution is 2.31. The van der Waals surface area contributed by atoms with Gasteiger partial charge in [-0.3, -0.25) is 0 Å². The number of hydrogen-bond acceptors (Lipinski definition) is 5. The maximum Gasteiger partial charge on any atom is 0.144 e. The van der Waals surface area contributed by atoms with Crippen molar-refractivity contribution < 1.29 is 4.74 Å². The van der Waals surface area contributed by atoms with Gasteiger partial charge in [0.2, 0.25) is 0 Å². The molecule has 0 unspecified atom stereocenters. The normalized spacial score (nSPS) is 10.9. The van der Waals surface area contributed by atoms with Crippen LogP contribution in [0.25, 0.3) is 10.2 Å². The first-order valence-electron chi connectivity index (χ1n) is 5.61. The van der Waals surface area contributed by atoms with E-state index in [1.807, 2.05) is 12.1 Å². The minimum atomic E-state index is 0.639. The highest BCUT2D eigenvalue weighted by atomic mass is 32.1. The maximum atomic E-state index is 6.04. The number of hydrogen-bond donors (Lipinski definition) is 1. The number of thiophene rings is 1. The van der Waals surface area contributed by atoms with Crippen molar-refractivity contribution in [3.05, 3.63) is 40.0 Å². The zero-order valence-electron chi connectivity index (χ0n) is 9.63. The van der Waals surface area contributed by atoms with E-state index in [1.165, 1.54) is 4.88 Å². The van der Waals surface area contributed by atoms with Gasteiger partial charge in [0.25, 0.3) is 0 Å². The molecule has 0 atom stereocenters. The Morgan fingerprint density at radius 1 is 1.22 bits per heavy atom. The van der Waals surface area contributed by atoms with Gasteiger partial charge < -0.3 is 10.5 Å². The lowest BCUT2D eigenvalue weighted by Gasteiger charge is -2.08. The van der Waals surface area contributed by atoms with Gasteiger partial charge in [-0.05, 0) is 23.6 Å². The zero-order chi connectivity index (χ0) is 12.4. The van der Waals surface area contributed by atoms with Crippen LogP contribution >= 0.6 is 22.7 Å². The number of fused-ring (bicyclic) bond motifs is 1. The summed E-state index contributed by atoms with van der Waals surface area (Å²) < 4.78 is 6.83. The number of nitrogens with zero attached hydrogens (tertiary/aromatic N) is 1. The van der Waals surface area contributed by atoms with Crippen molar-refractivity contribution in [3.8, 4) is 5.75 Å². The summed E-state index contributed by atoms with van der Waals surface area (Å²) in [6.07, 6.45) is 0.909. The molecule has 5 heteroatoms. The zero-order valence-corrected chi connectivity index (χ0v) is 11.3. The van der Waals surface area contributed by atoms with E-state index < -0.39 is 0 Å². The third kappa shape index (κ3) is 2.19. The maximum absolute atomic E-state index is 6.04. The summed E-state index contributed by atoms with van der Waals surface area (Å²) in [6, 6.07) is 8.09. The molecule has 0 fully saturated rings. The van der Waals surface area contributed by atoms with Gasteiger partial charge in [-0.1, -0.05) is 6.07 Å². The third-order valence-electron chi connectivity index (χ3n) is 2.69. The smallest absolute Gasteiger partial charge is 0.144 e. The summed E-state index contributed by atoms with van der Waals surface area (Å²) in [6.45, 7) is 0.639. The molecular formula is C13H12N2OS2. The molecule has 92 valence electrons. The Labute approximate surface area is 113 Å². The van der Waals surface area contributed by atoms with Gasteiger partial charge >= 0.3 is 0 Å². The molecule has 0 saturated carbocycles. The molecule has 0 saturated heterocycles. The first kappa shape index (κ1) is 11.5. The van der Waals surface area contributed by atoms with Crippen LogP contribution in [0.5, 0.6) is 5.75 Å². The largest absolute Gasteiger partial charge is 0.491 e. The van der Waals surface area contributed by atoms with Crippen LogP contribution in [0.15, 0.2) is 35.2 Å². The van der Waals surface area contributed by atoms with Gasteiger partial charge in [0, 0.05) is 11.3 Å². The van der Waals surface area contributed by atoms with E-state index in [0.717, 1.165) is 22.4 Å². The number of nitrogens with two attached hydrogens (primary N) is 1. The number of benzene rings is 1. The summed E-state index contributed by atoms with van der Waals surface area (Å²) in [4.78, 5) is 5.57. The fraction of sp³-hybridized carbons (Fsp3) is 0.154. The molecule has 2 N–H and O–H groups in total. The van der Waals surface area contributed by atoms with Gasteiger partial charge in [-0.25, -0.2) is 4.98 Å². The SMILES string of the molecule is Nc1c(OCCc2cccs2)ccc2scnc12. The van der Waals surface area contributed by atoms with Gasteiger partial charge in [0.1, 0.15) is 17.0 Å². The predicted molar refractivity (Wildman–Crippen MR) is 77.6 cm³/mol. The Kier molecular flexibility index (Phi) is 3.17. The Bertz CT molecular complexity index is 646. The lowest BCUT2D eigenvalue weighted by Crippen LogP contribution is -2.02. The first-order chi connectivity index (χ1) is 8.84. The van der Waals surface area contributed by atoms with Gasteiger partial charge in [0.15, 0.2) is 0 Å². The molecule has 2 heterocycles. The number of ether oxygens (including phenoxy) is 1. The van der Waals surface area contributed by atoms with Crippen molar-refractivity contribution in [2.24, 2.45) is 0 Å². The van der Waals surface area contributed by atoms with Crippen LogP contribution in [0.2, 0.25) is 0 Å². The molecule has 1 aromatic carbocycles. The highest BCUT2D eigenvalue weighted by molar-refractivity contribution is 7.16. The van der Waals surface area contributed by atoms with Crippen LogP contribution in [0.1, 0.15) is 4.88 Å². The molecule has 0 radical (unpaired) electrons. The Hall–Kier alpha value is -1.59. The van der Waals surface area contributed by atoms with Crippen molar-refractivity contribution in [2.75, 3.05) is 12.3 Å². The molecule has 0 aliphatic heterocycles. The molecule has 3 rings (SSSR count). The molecule has 0 aliphatic rings. The third-order valence-corrected chi connectivity index (χ3v) is 4.42. The summed E-state index contributed by atoms with van der Waals surface area (Å²) in [5.74, 6) is 0.727. The number of rotatable bonds is 4. The number of thiazole rings is 1. The summed E-state index contributed by atoms with van der Waals surface area (Å²) in [7, 11) is 0. The Morgan fingerprint density at radius 2 is 2.17 bits per heavy atom. The fourth-order valence-corrected chi connectivity index (χ4v) is 3.16. The minimum Gasteiger partial charge on any atom is -0.491 e. The van der Waals surface area contributed by atoms with Crippen molar-refractivity contribution in [2.45, 2.75) is 6.42 Å². The standard InChI is InChI=1S/C13H12N2OS2/c14-12-10(3-4-11-13(12)15-8-18-11)16-6-5-9-2-1-7-17-9/h1-4,7-8H,5-6,14H2. The fourth-order valence-electron chi connectivity index (χ4n) is 1.78. The average Bonchev–Trinajstić information content (AvgIpc) is 3.02. The van der Waals surface area contributed by atoms with Gasteiger partial charge in [-0.2, -0.15) is 0 Å². The summed E-state index contributed by atoms with van der Waals surface area (Å²) in [5.41, 5.74) is 9.33. The molecule has 0 aliphatic carbocycles. The lowest BCUT2D eigenvalue weighted by molar-refractivity contribution is 0.325. The van der Waals surface area contributed by atoms with Crippen LogP contribution in [0.4, 0.5) is 5.69 Å².